The van der Waals surface area contributed by atoms with Gasteiger partial charge in [-0.25, -0.2) is 0 Å². The van der Waals surface area contributed by atoms with Gasteiger partial charge in [-0.1, -0.05) is 93.8 Å². The van der Waals surface area contributed by atoms with E-state index in [9.17, 15) is 0 Å². The van der Waals surface area contributed by atoms with Crippen LogP contribution in [-0.2, 0) is 19.7 Å². The zero-order chi connectivity index (χ0) is 20.7. The summed E-state index contributed by atoms with van der Waals surface area (Å²) in [5.41, 5.74) is 2.78. The van der Waals surface area contributed by atoms with Gasteiger partial charge in [0.1, 0.15) is 0 Å². The molecule has 1 atom stereocenters. The van der Waals surface area contributed by atoms with Crippen LogP contribution in [0.15, 0.2) is 24.3 Å². The van der Waals surface area contributed by atoms with Gasteiger partial charge in [-0.15, -0.1) is 0 Å². The maximum atomic E-state index is 6.38. The molecule has 1 aromatic carbocycles. The van der Waals surface area contributed by atoms with Gasteiger partial charge < -0.3 is 13.3 Å². The molecule has 0 aromatic heterocycles. The summed E-state index contributed by atoms with van der Waals surface area (Å²) in [6.07, 6.45) is 8.68. The van der Waals surface area contributed by atoms with E-state index in [1.165, 1.54) is 11.1 Å². The fourth-order valence-electron chi connectivity index (χ4n) is 2.93. The van der Waals surface area contributed by atoms with E-state index in [1.54, 1.807) is 0 Å². The van der Waals surface area contributed by atoms with Crippen molar-refractivity contribution in [1.82, 2.24) is 0 Å². The molecule has 0 saturated carbocycles. The first-order valence-electron chi connectivity index (χ1n) is 11.3. The minimum absolute atomic E-state index is 0.571. The number of unbranched alkanes of at least 4 members (excludes halogenated alkanes) is 3. The smallest absolute Gasteiger partial charge is 0.373 e. The first kappa shape index (κ1) is 26.1. The summed E-state index contributed by atoms with van der Waals surface area (Å²) in [4.78, 5) is 0. The van der Waals surface area contributed by atoms with E-state index < -0.39 is 8.80 Å². The fourth-order valence-corrected chi connectivity index (χ4v) is 5.97. The lowest BCUT2D eigenvalue weighted by molar-refractivity contribution is 0.0564. The lowest BCUT2D eigenvalue weighted by Gasteiger charge is -2.30. The third-order valence-corrected chi connectivity index (χ3v) is 9.24. The van der Waals surface area contributed by atoms with E-state index in [-0.39, 0.29) is 0 Å². The van der Waals surface area contributed by atoms with Gasteiger partial charge >= 0.3 is 8.80 Å². The molecule has 0 aliphatic heterocycles. The average molecular weight is 521 g/mol. The Morgan fingerprint density at radius 2 is 1.39 bits per heavy atom. The van der Waals surface area contributed by atoms with Crippen LogP contribution in [0.5, 0.6) is 0 Å². The third-order valence-electron chi connectivity index (χ3n) is 4.85. The van der Waals surface area contributed by atoms with Gasteiger partial charge in [0.25, 0.3) is 0 Å². The molecule has 0 spiro atoms. The van der Waals surface area contributed by atoms with Gasteiger partial charge in [0, 0.05) is 29.8 Å². The maximum Gasteiger partial charge on any atom is 0.501 e. The lowest BCUT2D eigenvalue weighted by atomic mass is 10.1. The highest BCUT2D eigenvalue weighted by atomic mass is 127. The summed E-state index contributed by atoms with van der Waals surface area (Å²) in [6.45, 7) is 11.1. The van der Waals surface area contributed by atoms with Gasteiger partial charge in [-0.2, -0.15) is 0 Å². The zero-order valence-electron chi connectivity index (χ0n) is 18.5. The van der Waals surface area contributed by atoms with E-state index in [1.807, 2.05) is 0 Å². The topological polar surface area (TPSA) is 27.7 Å². The second-order valence-electron chi connectivity index (χ2n) is 7.41. The molecule has 0 radical (unpaired) electrons. The second-order valence-corrected chi connectivity index (χ2v) is 11.6. The van der Waals surface area contributed by atoms with Crippen LogP contribution >= 0.6 is 22.6 Å². The first-order valence-corrected chi connectivity index (χ1v) is 14.4. The number of benzene rings is 1. The Balaban J connectivity index is 2.87. The lowest BCUT2D eigenvalue weighted by Crippen LogP contribution is -2.47. The fraction of sp³-hybridized carbons (Fsp3) is 0.739. The van der Waals surface area contributed by atoms with Crippen LogP contribution in [0.25, 0.3) is 0 Å². The summed E-state index contributed by atoms with van der Waals surface area (Å²) < 4.78 is 19.7. The molecule has 1 rings (SSSR count). The molecule has 0 fully saturated rings. The number of alkyl halides is 1. The van der Waals surface area contributed by atoms with Gasteiger partial charge in [0.15, 0.2) is 0 Å². The van der Waals surface area contributed by atoms with Crippen molar-refractivity contribution < 1.29 is 13.3 Å². The Labute approximate surface area is 188 Å². The number of halogens is 1. The summed E-state index contributed by atoms with van der Waals surface area (Å²) >= 11 is 2.53. The summed E-state index contributed by atoms with van der Waals surface area (Å²) in [5.74, 6) is 0. The van der Waals surface area contributed by atoms with E-state index in [4.69, 9.17) is 13.3 Å². The molecule has 0 N–H and O–H groups in total. The molecule has 0 bridgehead atoms. The Bertz CT molecular complexity index is 486. The molecule has 0 aliphatic rings. The molecule has 0 heterocycles. The normalized spacial score (nSPS) is 13.0. The molecule has 1 unspecified atom stereocenters. The third kappa shape index (κ3) is 10.2. The van der Waals surface area contributed by atoms with E-state index in [0.717, 1.165) is 77.2 Å². The molecule has 0 saturated heterocycles. The molecule has 0 aliphatic carbocycles. The van der Waals surface area contributed by atoms with Crippen LogP contribution in [0.4, 0.5) is 0 Å². The quantitative estimate of drug-likeness (QED) is 0.0921. The largest absolute Gasteiger partial charge is 0.501 e. The highest BCUT2D eigenvalue weighted by Gasteiger charge is 2.40. The molecule has 28 heavy (non-hydrogen) atoms. The predicted octanol–water partition coefficient (Wildman–Crippen LogP) is 7.50. The van der Waals surface area contributed by atoms with Crippen LogP contribution < -0.4 is 0 Å². The Morgan fingerprint density at radius 1 is 0.857 bits per heavy atom. The summed E-state index contributed by atoms with van der Waals surface area (Å²) in [6, 6.07) is 9.87. The molecule has 5 heteroatoms. The van der Waals surface area contributed by atoms with Crippen molar-refractivity contribution in [3.63, 3.8) is 0 Å². The average Bonchev–Trinajstić information content (AvgIpc) is 2.72. The van der Waals surface area contributed by atoms with Crippen molar-refractivity contribution in [2.24, 2.45) is 0 Å². The minimum Gasteiger partial charge on any atom is -0.373 e. The van der Waals surface area contributed by atoms with Gasteiger partial charge in [-0.05, 0) is 43.2 Å². The van der Waals surface area contributed by atoms with Crippen molar-refractivity contribution >= 4 is 31.4 Å². The van der Waals surface area contributed by atoms with Crippen molar-refractivity contribution in [2.75, 3.05) is 19.8 Å². The van der Waals surface area contributed by atoms with Crippen molar-refractivity contribution in [2.45, 2.75) is 89.0 Å². The number of aryl methyl sites for hydroxylation is 1. The number of hydrogen-bond donors (Lipinski definition) is 0. The Morgan fingerprint density at radius 3 is 1.86 bits per heavy atom. The zero-order valence-corrected chi connectivity index (χ0v) is 21.6. The summed E-state index contributed by atoms with van der Waals surface area (Å²) in [7, 11) is -2.64. The van der Waals surface area contributed by atoms with Crippen LogP contribution in [0.3, 0.4) is 0 Å². The molecule has 1 aromatic rings. The predicted molar refractivity (Wildman–Crippen MR) is 130 cm³/mol. The van der Waals surface area contributed by atoms with Crippen LogP contribution in [-0.4, -0.2) is 28.6 Å². The van der Waals surface area contributed by atoms with Crippen LogP contribution in [0, 0.1) is 0 Å². The molecule has 0 amide bonds. The standard InChI is InChI=1S/C23H41IO3Si/c1-5-9-16-25-28(26-17-10-6-2,27-18-11-7-3)19-15-21-13-12-14-22(20-21)23(24)8-4/h12-14,20,23H,5-11,15-19H2,1-4H3. The van der Waals surface area contributed by atoms with Gasteiger partial charge in [0.2, 0.25) is 0 Å². The van der Waals surface area contributed by atoms with Crippen LogP contribution in [0.1, 0.15) is 87.7 Å². The van der Waals surface area contributed by atoms with E-state index in [2.05, 4.69) is 74.6 Å². The highest BCUT2D eigenvalue weighted by Crippen LogP contribution is 2.28. The highest BCUT2D eigenvalue weighted by molar-refractivity contribution is 14.1. The maximum absolute atomic E-state index is 6.38. The van der Waals surface area contributed by atoms with Crippen molar-refractivity contribution in [3.05, 3.63) is 35.4 Å². The van der Waals surface area contributed by atoms with E-state index >= 15 is 0 Å². The van der Waals surface area contributed by atoms with Gasteiger partial charge in [0.05, 0.1) is 0 Å². The number of hydrogen-bond acceptors (Lipinski definition) is 3. The SMILES string of the molecule is CCCCO[Si](CCc1cccc(C(I)CC)c1)(OCCCC)OCCCC. The molecular weight excluding hydrogens is 479 g/mol. The monoisotopic (exact) mass is 520 g/mol. The molecule has 3 nitrogen and oxygen atoms in total. The van der Waals surface area contributed by atoms with Crippen LogP contribution in [0.2, 0.25) is 6.04 Å². The number of rotatable bonds is 17. The van der Waals surface area contributed by atoms with Crippen molar-refractivity contribution in [1.29, 1.82) is 0 Å². The van der Waals surface area contributed by atoms with Gasteiger partial charge in [-0.3, -0.25) is 0 Å². The van der Waals surface area contributed by atoms with Crippen molar-refractivity contribution in [3.8, 4) is 0 Å². The molecular formula is C23H41IO3Si. The minimum atomic E-state index is -2.64. The molecule has 162 valence electrons. The first-order chi connectivity index (χ1) is 13.6. The second kappa shape index (κ2) is 15.8. The van der Waals surface area contributed by atoms with E-state index in [0.29, 0.717) is 3.92 Å². The Hall–Kier alpha value is 0.0469. The summed E-state index contributed by atoms with van der Waals surface area (Å²) in [5, 5.41) is 0. The Kier molecular flexibility index (Phi) is 14.7.